The van der Waals surface area contributed by atoms with Crippen molar-refractivity contribution in [3.63, 3.8) is 0 Å². The lowest BCUT2D eigenvalue weighted by molar-refractivity contribution is 0.0941. The van der Waals surface area contributed by atoms with Gasteiger partial charge in [-0.05, 0) is 54.0 Å². The van der Waals surface area contributed by atoms with Gasteiger partial charge >= 0.3 is 0 Å². The number of piperidine rings is 1. The molecule has 0 unspecified atom stereocenters. The maximum atomic E-state index is 13.1. The van der Waals surface area contributed by atoms with Crippen LogP contribution in [0.2, 0.25) is 0 Å². The van der Waals surface area contributed by atoms with Crippen molar-refractivity contribution in [2.24, 2.45) is 5.92 Å². The Hall–Kier alpha value is -2.18. The number of benzene rings is 2. The van der Waals surface area contributed by atoms with E-state index in [4.69, 9.17) is 0 Å². The topological polar surface area (TPSA) is 66.5 Å². The summed E-state index contributed by atoms with van der Waals surface area (Å²) in [5.41, 5.74) is 1.71. The van der Waals surface area contributed by atoms with Gasteiger partial charge in [-0.25, -0.2) is 8.42 Å². The molecule has 1 heterocycles. The Labute approximate surface area is 174 Å². The maximum Gasteiger partial charge on any atom is 0.251 e. The number of rotatable bonds is 5. The fourth-order valence-electron chi connectivity index (χ4n) is 3.62. The van der Waals surface area contributed by atoms with Crippen molar-refractivity contribution in [3.05, 3.63) is 65.7 Å². The maximum absolute atomic E-state index is 13.1. The highest BCUT2D eigenvalue weighted by molar-refractivity contribution is 7.89. The summed E-state index contributed by atoms with van der Waals surface area (Å²) >= 11 is 0. The Morgan fingerprint density at radius 2 is 1.72 bits per heavy atom. The molecule has 5 nitrogen and oxygen atoms in total. The summed E-state index contributed by atoms with van der Waals surface area (Å²) in [6.07, 6.45) is 1.70. The van der Waals surface area contributed by atoms with Gasteiger partial charge in [-0.1, -0.05) is 51.1 Å². The van der Waals surface area contributed by atoms with Crippen LogP contribution in [0.1, 0.15) is 49.5 Å². The van der Waals surface area contributed by atoms with Crippen molar-refractivity contribution >= 4 is 15.9 Å². The van der Waals surface area contributed by atoms with Crippen LogP contribution in [0.3, 0.4) is 0 Å². The molecular formula is C23H30N2O3S. The minimum atomic E-state index is -3.53. The molecule has 29 heavy (non-hydrogen) atoms. The van der Waals surface area contributed by atoms with Crippen LogP contribution in [0, 0.1) is 5.92 Å². The average molecular weight is 415 g/mol. The molecule has 0 aromatic heterocycles. The van der Waals surface area contributed by atoms with Crippen LogP contribution in [-0.4, -0.2) is 38.3 Å². The van der Waals surface area contributed by atoms with E-state index in [-0.39, 0.29) is 17.2 Å². The Balaban J connectivity index is 1.64. The van der Waals surface area contributed by atoms with Crippen LogP contribution in [-0.2, 0) is 15.4 Å². The Morgan fingerprint density at radius 1 is 1.07 bits per heavy atom. The summed E-state index contributed by atoms with van der Waals surface area (Å²) in [5.74, 6) is -0.0108. The third kappa shape index (κ3) is 5.25. The first-order valence-corrected chi connectivity index (χ1v) is 11.6. The van der Waals surface area contributed by atoms with Crippen LogP contribution in [0.25, 0.3) is 0 Å². The Bertz CT molecular complexity index is 932. The number of nitrogens with zero attached hydrogens (tertiary/aromatic N) is 1. The van der Waals surface area contributed by atoms with Crippen LogP contribution >= 0.6 is 0 Å². The van der Waals surface area contributed by atoms with Gasteiger partial charge in [-0.15, -0.1) is 0 Å². The minimum absolute atomic E-state index is 0.0184. The largest absolute Gasteiger partial charge is 0.352 e. The highest BCUT2D eigenvalue weighted by Crippen LogP contribution is 2.27. The average Bonchev–Trinajstić information content (AvgIpc) is 2.72. The lowest BCUT2D eigenvalue weighted by atomic mass is 9.87. The Morgan fingerprint density at radius 3 is 2.34 bits per heavy atom. The first kappa shape index (κ1) is 21.5. The summed E-state index contributed by atoms with van der Waals surface area (Å²) in [6.45, 7) is 7.74. The third-order valence-electron chi connectivity index (χ3n) is 5.43. The van der Waals surface area contributed by atoms with Crippen molar-refractivity contribution in [2.45, 2.75) is 43.9 Å². The number of amides is 1. The lowest BCUT2D eigenvalue weighted by Gasteiger charge is -2.32. The molecule has 1 fully saturated rings. The van der Waals surface area contributed by atoms with Crippen LogP contribution < -0.4 is 5.32 Å². The van der Waals surface area contributed by atoms with E-state index in [1.807, 2.05) is 30.3 Å². The van der Waals surface area contributed by atoms with E-state index in [0.717, 1.165) is 18.4 Å². The molecule has 1 amide bonds. The molecule has 1 N–H and O–H groups in total. The van der Waals surface area contributed by atoms with Gasteiger partial charge < -0.3 is 5.32 Å². The third-order valence-corrected chi connectivity index (χ3v) is 7.31. The molecule has 1 aliphatic rings. The van der Waals surface area contributed by atoms with Crippen molar-refractivity contribution in [3.8, 4) is 0 Å². The quantitative estimate of drug-likeness (QED) is 0.809. The second-order valence-electron chi connectivity index (χ2n) is 8.72. The molecule has 156 valence electrons. The fourth-order valence-corrected chi connectivity index (χ4v) is 5.17. The van der Waals surface area contributed by atoms with Crippen LogP contribution in [0.15, 0.2) is 59.5 Å². The van der Waals surface area contributed by atoms with E-state index in [2.05, 4.69) is 26.1 Å². The number of hydrogen-bond donors (Lipinski definition) is 1. The second-order valence-corrected chi connectivity index (χ2v) is 10.7. The normalized spacial score (nSPS) is 18.4. The van der Waals surface area contributed by atoms with Gasteiger partial charge in [-0.2, -0.15) is 4.31 Å². The lowest BCUT2D eigenvalue weighted by Crippen LogP contribution is -2.43. The van der Waals surface area contributed by atoms with Crippen molar-refractivity contribution in [1.82, 2.24) is 9.62 Å². The van der Waals surface area contributed by atoms with Crippen molar-refractivity contribution < 1.29 is 13.2 Å². The molecule has 1 saturated heterocycles. The predicted octanol–water partition coefficient (Wildman–Crippen LogP) is 3.81. The molecule has 2 aromatic rings. The summed E-state index contributed by atoms with van der Waals surface area (Å²) in [5, 5.41) is 2.94. The highest BCUT2D eigenvalue weighted by Gasteiger charge is 2.30. The number of carbonyl (C=O) groups excluding carboxylic acids is 1. The van der Waals surface area contributed by atoms with E-state index < -0.39 is 10.0 Å². The molecule has 6 heteroatoms. The van der Waals surface area contributed by atoms with Gasteiger partial charge in [0, 0.05) is 25.2 Å². The van der Waals surface area contributed by atoms with Crippen molar-refractivity contribution in [2.75, 3.05) is 19.6 Å². The SMILES string of the molecule is CC(C)(C)c1ccc(S(=O)(=O)N2CCC[C@@H](CNC(=O)c3ccccc3)C2)cc1. The molecule has 0 spiro atoms. The highest BCUT2D eigenvalue weighted by atomic mass is 32.2. The molecule has 1 aliphatic heterocycles. The molecular weight excluding hydrogens is 384 g/mol. The Kier molecular flexibility index (Phi) is 6.44. The number of hydrogen-bond acceptors (Lipinski definition) is 3. The van der Waals surface area contributed by atoms with Gasteiger partial charge in [0.15, 0.2) is 0 Å². The first-order chi connectivity index (χ1) is 13.7. The number of nitrogens with one attached hydrogen (secondary N) is 1. The molecule has 0 bridgehead atoms. The summed E-state index contributed by atoms with van der Waals surface area (Å²) in [6, 6.07) is 16.3. The summed E-state index contributed by atoms with van der Waals surface area (Å²) < 4.78 is 27.7. The first-order valence-electron chi connectivity index (χ1n) is 10.1. The number of carbonyl (C=O) groups is 1. The van der Waals surface area contributed by atoms with Gasteiger partial charge in [0.05, 0.1) is 4.90 Å². The molecule has 3 rings (SSSR count). The molecule has 1 atom stereocenters. The molecule has 0 saturated carbocycles. The summed E-state index contributed by atoms with van der Waals surface area (Å²) in [7, 11) is -3.53. The van der Waals surface area contributed by atoms with Crippen LogP contribution in [0.5, 0.6) is 0 Å². The van der Waals surface area contributed by atoms with Gasteiger partial charge in [0.2, 0.25) is 10.0 Å². The van der Waals surface area contributed by atoms with E-state index in [1.165, 1.54) is 0 Å². The van der Waals surface area contributed by atoms with Gasteiger partial charge in [-0.3, -0.25) is 4.79 Å². The summed E-state index contributed by atoms with van der Waals surface area (Å²) in [4.78, 5) is 12.6. The zero-order chi connectivity index (χ0) is 21.1. The van der Waals surface area contributed by atoms with Crippen molar-refractivity contribution in [1.29, 1.82) is 0 Å². The van der Waals surface area contributed by atoms with E-state index in [1.54, 1.807) is 28.6 Å². The number of sulfonamides is 1. The van der Waals surface area contributed by atoms with Crippen LogP contribution in [0.4, 0.5) is 0 Å². The van der Waals surface area contributed by atoms with E-state index in [0.29, 0.717) is 30.1 Å². The standard InChI is InChI=1S/C23H30N2O3S/c1-23(2,3)20-11-13-21(14-12-20)29(27,28)25-15-7-8-18(17-25)16-24-22(26)19-9-5-4-6-10-19/h4-6,9-14,18H,7-8,15-17H2,1-3H3,(H,24,26)/t18-/m0/s1. The molecule has 2 aromatic carbocycles. The minimum Gasteiger partial charge on any atom is -0.352 e. The zero-order valence-corrected chi connectivity index (χ0v) is 18.2. The second kappa shape index (κ2) is 8.67. The molecule has 0 aliphatic carbocycles. The monoisotopic (exact) mass is 414 g/mol. The van der Waals surface area contributed by atoms with E-state index >= 15 is 0 Å². The predicted molar refractivity (Wildman–Crippen MR) is 115 cm³/mol. The fraction of sp³-hybridized carbons (Fsp3) is 0.435. The smallest absolute Gasteiger partial charge is 0.251 e. The molecule has 0 radical (unpaired) electrons. The zero-order valence-electron chi connectivity index (χ0n) is 17.4. The van der Waals surface area contributed by atoms with Gasteiger partial charge in [0.25, 0.3) is 5.91 Å². The van der Waals surface area contributed by atoms with Gasteiger partial charge in [0.1, 0.15) is 0 Å². The van der Waals surface area contributed by atoms with E-state index in [9.17, 15) is 13.2 Å².